The van der Waals surface area contributed by atoms with Crippen LogP contribution in [0.25, 0.3) is 0 Å². The van der Waals surface area contributed by atoms with Crippen LogP contribution in [-0.4, -0.2) is 24.0 Å². The maximum absolute atomic E-state index is 4.64. The molecule has 0 bridgehead atoms. The molecule has 0 saturated carbocycles. The van der Waals surface area contributed by atoms with Crippen molar-refractivity contribution in [3.63, 3.8) is 0 Å². The molecule has 6 heteroatoms. The highest BCUT2D eigenvalue weighted by Gasteiger charge is 2.04. The number of nitrogens with zero attached hydrogens (tertiary/aromatic N) is 2. The summed E-state index contributed by atoms with van der Waals surface area (Å²) in [6.45, 7) is 8.61. The predicted octanol–water partition coefficient (Wildman–Crippen LogP) is 3.12. The fourth-order valence-electron chi connectivity index (χ4n) is 1.97. The number of thiazole rings is 1. The van der Waals surface area contributed by atoms with Gasteiger partial charge >= 0.3 is 0 Å². The highest BCUT2D eigenvalue weighted by molar-refractivity contribution is 7.11. The molecule has 2 heterocycles. The Morgan fingerprint density at radius 1 is 1.33 bits per heavy atom. The number of aliphatic imine (C=N–C) groups is 1. The van der Waals surface area contributed by atoms with Gasteiger partial charge < -0.3 is 10.6 Å². The van der Waals surface area contributed by atoms with Crippen LogP contribution in [0.15, 0.2) is 22.5 Å². The van der Waals surface area contributed by atoms with Gasteiger partial charge in [0.05, 0.1) is 17.2 Å². The molecule has 0 aliphatic carbocycles. The maximum atomic E-state index is 4.64. The summed E-state index contributed by atoms with van der Waals surface area (Å²) < 4.78 is 0. The van der Waals surface area contributed by atoms with E-state index in [2.05, 4.69) is 45.0 Å². The second-order valence-electron chi connectivity index (χ2n) is 4.69. The van der Waals surface area contributed by atoms with Gasteiger partial charge in [-0.05, 0) is 38.6 Å². The molecule has 0 unspecified atom stereocenters. The molecule has 0 aromatic carbocycles. The van der Waals surface area contributed by atoms with E-state index in [0.717, 1.165) is 36.2 Å². The van der Waals surface area contributed by atoms with E-state index in [4.69, 9.17) is 0 Å². The number of rotatable bonds is 6. The van der Waals surface area contributed by atoms with Gasteiger partial charge in [-0.2, -0.15) is 0 Å². The zero-order valence-corrected chi connectivity index (χ0v) is 14.4. The van der Waals surface area contributed by atoms with Gasteiger partial charge in [0.25, 0.3) is 0 Å². The molecule has 0 saturated heterocycles. The molecule has 2 N–H and O–H groups in total. The first kappa shape index (κ1) is 16.0. The molecule has 0 radical (unpaired) electrons. The van der Waals surface area contributed by atoms with Crippen molar-refractivity contribution in [3.05, 3.63) is 38.0 Å². The molecule has 21 heavy (non-hydrogen) atoms. The van der Waals surface area contributed by atoms with E-state index in [1.54, 1.807) is 22.7 Å². The van der Waals surface area contributed by atoms with Crippen LogP contribution in [0.5, 0.6) is 0 Å². The molecule has 0 atom stereocenters. The molecule has 2 aromatic heterocycles. The molecule has 0 spiro atoms. The van der Waals surface area contributed by atoms with Crippen LogP contribution in [0.1, 0.15) is 27.4 Å². The third kappa shape index (κ3) is 5.13. The number of hydrogen-bond acceptors (Lipinski definition) is 4. The van der Waals surface area contributed by atoms with Crippen molar-refractivity contribution in [3.8, 4) is 0 Å². The summed E-state index contributed by atoms with van der Waals surface area (Å²) in [6.07, 6.45) is 1.03. The van der Waals surface area contributed by atoms with Crippen molar-refractivity contribution in [2.75, 3.05) is 13.1 Å². The Morgan fingerprint density at radius 3 is 2.81 bits per heavy atom. The largest absolute Gasteiger partial charge is 0.357 e. The third-order valence-electron chi connectivity index (χ3n) is 2.97. The van der Waals surface area contributed by atoms with Gasteiger partial charge in [-0.25, -0.2) is 9.98 Å². The van der Waals surface area contributed by atoms with Gasteiger partial charge in [0.15, 0.2) is 5.96 Å². The summed E-state index contributed by atoms with van der Waals surface area (Å²) in [5.74, 6) is 0.875. The molecule has 0 aliphatic heterocycles. The summed E-state index contributed by atoms with van der Waals surface area (Å²) in [7, 11) is 0. The summed E-state index contributed by atoms with van der Waals surface area (Å²) in [5.41, 5.74) is 1.09. The van der Waals surface area contributed by atoms with Crippen molar-refractivity contribution in [2.45, 2.75) is 33.7 Å². The standard InChI is InChI=1S/C15H22N4S2/c1-4-16-15(17-8-7-13-6-5-9-20-13)18-10-14-11(2)19-12(3)21-14/h5-6,9H,4,7-8,10H2,1-3H3,(H2,16,17,18). The first-order valence-electron chi connectivity index (χ1n) is 7.16. The lowest BCUT2D eigenvalue weighted by molar-refractivity contribution is 0.805. The van der Waals surface area contributed by atoms with Crippen molar-refractivity contribution in [1.29, 1.82) is 0 Å². The SMILES string of the molecule is CCNC(=NCc1sc(C)nc1C)NCCc1cccs1. The maximum Gasteiger partial charge on any atom is 0.191 e. The first-order chi connectivity index (χ1) is 10.2. The first-order valence-corrected chi connectivity index (χ1v) is 8.86. The van der Waals surface area contributed by atoms with Crippen molar-refractivity contribution >= 4 is 28.6 Å². The number of aromatic nitrogens is 1. The number of thiophene rings is 1. The van der Waals surface area contributed by atoms with E-state index in [1.165, 1.54) is 9.75 Å². The fourth-order valence-corrected chi connectivity index (χ4v) is 3.54. The summed E-state index contributed by atoms with van der Waals surface area (Å²) in [4.78, 5) is 11.7. The number of guanidine groups is 1. The average Bonchev–Trinajstić information content (AvgIpc) is 3.06. The Morgan fingerprint density at radius 2 is 2.19 bits per heavy atom. The summed E-state index contributed by atoms with van der Waals surface area (Å²) in [5, 5.41) is 9.89. The molecule has 2 rings (SSSR count). The second kappa shape index (κ2) is 8.14. The summed E-state index contributed by atoms with van der Waals surface area (Å²) in [6, 6.07) is 4.26. The zero-order chi connectivity index (χ0) is 15.1. The second-order valence-corrected chi connectivity index (χ2v) is 7.01. The molecule has 4 nitrogen and oxygen atoms in total. The smallest absolute Gasteiger partial charge is 0.191 e. The Balaban J connectivity index is 1.88. The average molecular weight is 323 g/mol. The zero-order valence-electron chi connectivity index (χ0n) is 12.8. The van der Waals surface area contributed by atoms with Gasteiger partial charge in [-0.1, -0.05) is 6.07 Å². The van der Waals surface area contributed by atoms with Crippen LogP contribution < -0.4 is 10.6 Å². The van der Waals surface area contributed by atoms with E-state index >= 15 is 0 Å². The Hall–Kier alpha value is -1.40. The van der Waals surface area contributed by atoms with Gasteiger partial charge in [0.1, 0.15) is 0 Å². The number of hydrogen-bond donors (Lipinski definition) is 2. The molecular formula is C15H22N4S2. The molecule has 0 amide bonds. The minimum atomic E-state index is 0.686. The van der Waals surface area contributed by atoms with Gasteiger partial charge in [-0.3, -0.25) is 0 Å². The van der Waals surface area contributed by atoms with Gasteiger partial charge in [0.2, 0.25) is 0 Å². The van der Waals surface area contributed by atoms with Crippen molar-refractivity contribution in [1.82, 2.24) is 15.6 Å². The van der Waals surface area contributed by atoms with E-state index < -0.39 is 0 Å². The van der Waals surface area contributed by atoms with E-state index in [9.17, 15) is 0 Å². The Kier molecular flexibility index (Phi) is 6.20. The van der Waals surface area contributed by atoms with Crippen LogP contribution in [0.3, 0.4) is 0 Å². The monoisotopic (exact) mass is 322 g/mol. The lowest BCUT2D eigenvalue weighted by atomic mass is 10.3. The van der Waals surface area contributed by atoms with Crippen molar-refractivity contribution in [2.24, 2.45) is 4.99 Å². The van der Waals surface area contributed by atoms with Crippen LogP contribution in [0, 0.1) is 13.8 Å². The highest BCUT2D eigenvalue weighted by atomic mass is 32.1. The molecule has 2 aromatic rings. The fraction of sp³-hybridized carbons (Fsp3) is 0.467. The van der Waals surface area contributed by atoms with Crippen molar-refractivity contribution < 1.29 is 0 Å². The van der Waals surface area contributed by atoms with E-state index in [-0.39, 0.29) is 0 Å². The Bertz CT molecular complexity index is 573. The predicted molar refractivity (Wildman–Crippen MR) is 92.4 cm³/mol. The lowest BCUT2D eigenvalue weighted by Gasteiger charge is -2.10. The highest BCUT2D eigenvalue weighted by Crippen LogP contribution is 2.17. The minimum absolute atomic E-state index is 0.686. The van der Waals surface area contributed by atoms with E-state index in [0.29, 0.717) is 6.54 Å². The number of aryl methyl sites for hydroxylation is 2. The minimum Gasteiger partial charge on any atom is -0.357 e. The molecule has 114 valence electrons. The normalized spacial score (nSPS) is 11.7. The number of nitrogens with one attached hydrogen (secondary N) is 2. The van der Waals surface area contributed by atoms with Crippen LogP contribution in [-0.2, 0) is 13.0 Å². The molecule has 0 fully saturated rings. The Labute approximate surface area is 134 Å². The van der Waals surface area contributed by atoms with Gasteiger partial charge in [0, 0.05) is 22.8 Å². The third-order valence-corrected chi connectivity index (χ3v) is 4.96. The molecular weight excluding hydrogens is 300 g/mol. The summed E-state index contributed by atoms with van der Waals surface area (Å²) >= 11 is 3.52. The van der Waals surface area contributed by atoms with Crippen LogP contribution in [0.4, 0.5) is 0 Å². The van der Waals surface area contributed by atoms with Crippen LogP contribution >= 0.6 is 22.7 Å². The quantitative estimate of drug-likeness (QED) is 0.634. The van der Waals surface area contributed by atoms with E-state index in [1.807, 2.05) is 13.8 Å². The molecule has 0 aliphatic rings. The lowest BCUT2D eigenvalue weighted by Crippen LogP contribution is -2.38. The van der Waals surface area contributed by atoms with Crippen LogP contribution in [0.2, 0.25) is 0 Å². The topological polar surface area (TPSA) is 49.3 Å². The van der Waals surface area contributed by atoms with Gasteiger partial charge in [-0.15, -0.1) is 22.7 Å².